The molecule has 522 valence electrons. The minimum Gasteiger partial charge on any atom is -0.394 e. The van der Waals surface area contributed by atoms with E-state index < -0.39 is 49.5 Å². The van der Waals surface area contributed by atoms with Crippen LogP contribution < -0.4 is 5.32 Å². The molecule has 0 saturated carbocycles. The molecule has 9 nitrogen and oxygen atoms in total. The zero-order valence-electron chi connectivity index (χ0n) is 58.7. The van der Waals surface area contributed by atoms with Crippen molar-refractivity contribution in [3.8, 4) is 0 Å². The SMILES string of the molecule is CC/C=C\C/C=C\C/C=C\C/C=C\C/C=C\CCCCCCCCCCCCCCCCCCCC(=O)NC(COC1OC(CO)C(O)C(O)C1O)C(O)CCCCCCCCCCCCCCCCCCCCCCCCCCCCCCCCCCC. The van der Waals surface area contributed by atoms with Crippen molar-refractivity contribution < 1.29 is 39.8 Å². The van der Waals surface area contributed by atoms with Gasteiger partial charge in [0.1, 0.15) is 24.4 Å². The molecule has 6 N–H and O–H groups in total. The summed E-state index contributed by atoms with van der Waals surface area (Å²) in [4.78, 5) is 13.2. The summed E-state index contributed by atoms with van der Waals surface area (Å²) in [5.74, 6) is -0.138. The van der Waals surface area contributed by atoms with Crippen molar-refractivity contribution >= 4 is 5.91 Å². The predicted octanol–water partition coefficient (Wildman–Crippen LogP) is 22.1. The second-order valence-corrected chi connectivity index (χ2v) is 27.1. The molecule has 7 unspecified atom stereocenters. The molecule has 1 amide bonds. The van der Waals surface area contributed by atoms with Gasteiger partial charge in [0.2, 0.25) is 5.91 Å². The van der Waals surface area contributed by atoms with Gasteiger partial charge in [-0.05, 0) is 57.8 Å². The van der Waals surface area contributed by atoms with Crippen LogP contribution in [-0.4, -0.2) is 87.5 Å². The van der Waals surface area contributed by atoms with Crippen LogP contribution in [0.25, 0.3) is 0 Å². The Morgan fingerprint density at radius 3 is 1.03 bits per heavy atom. The van der Waals surface area contributed by atoms with Crippen molar-refractivity contribution in [1.82, 2.24) is 5.32 Å². The van der Waals surface area contributed by atoms with Crippen molar-refractivity contribution in [2.75, 3.05) is 13.2 Å². The summed E-state index contributed by atoms with van der Waals surface area (Å²) in [5.41, 5.74) is 0. The number of allylic oxidation sites excluding steroid dienone is 10. The van der Waals surface area contributed by atoms with Crippen molar-refractivity contribution in [1.29, 1.82) is 0 Å². The van der Waals surface area contributed by atoms with E-state index >= 15 is 0 Å². The van der Waals surface area contributed by atoms with Crippen LogP contribution in [0.1, 0.15) is 386 Å². The van der Waals surface area contributed by atoms with E-state index in [0.717, 1.165) is 70.6 Å². The molecule has 0 spiro atoms. The third-order valence-electron chi connectivity index (χ3n) is 18.6. The van der Waals surface area contributed by atoms with E-state index in [1.807, 2.05) is 0 Å². The van der Waals surface area contributed by atoms with Gasteiger partial charge in [0.05, 0.1) is 25.4 Å². The number of nitrogens with one attached hydrogen (secondary N) is 1. The highest BCUT2D eigenvalue weighted by molar-refractivity contribution is 5.76. The molecule has 1 rings (SSSR count). The van der Waals surface area contributed by atoms with E-state index in [2.05, 4.69) is 79.9 Å². The van der Waals surface area contributed by atoms with E-state index in [9.17, 15) is 30.3 Å². The summed E-state index contributed by atoms with van der Waals surface area (Å²) >= 11 is 0. The molecular formula is C80H149NO8. The molecule has 0 aromatic heterocycles. The minimum absolute atomic E-state index is 0.136. The lowest BCUT2D eigenvalue weighted by molar-refractivity contribution is -0.302. The fourth-order valence-electron chi connectivity index (χ4n) is 12.6. The highest BCUT2D eigenvalue weighted by atomic mass is 16.7. The number of hydrogen-bond acceptors (Lipinski definition) is 8. The van der Waals surface area contributed by atoms with Crippen LogP contribution in [0.15, 0.2) is 60.8 Å². The number of ether oxygens (including phenoxy) is 2. The molecule has 0 aromatic rings. The maximum Gasteiger partial charge on any atom is 0.220 e. The Balaban J connectivity index is 2.06. The Bertz CT molecular complexity index is 1600. The summed E-state index contributed by atoms with van der Waals surface area (Å²) in [6.45, 7) is 3.78. The number of amides is 1. The number of unbranched alkanes of at least 4 members (excludes halogenated alkanes) is 49. The maximum atomic E-state index is 13.2. The van der Waals surface area contributed by atoms with Crippen LogP contribution in [-0.2, 0) is 14.3 Å². The third kappa shape index (κ3) is 57.1. The first-order chi connectivity index (χ1) is 43.8. The molecule has 1 aliphatic rings. The van der Waals surface area contributed by atoms with Gasteiger partial charge >= 0.3 is 0 Å². The lowest BCUT2D eigenvalue weighted by Gasteiger charge is -2.40. The molecule has 0 aliphatic carbocycles. The number of aliphatic hydroxyl groups is 5. The Kier molecular flexibility index (Phi) is 65.6. The molecule has 89 heavy (non-hydrogen) atoms. The second kappa shape index (κ2) is 68.7. The molecular weight excluding hydrogens is 1100 g/mol. The maximum absolute atomic E-state index is 13.2. The van der Waals surface area contributed by atoms with Gasteiger partial charge in [-0.1, -0.05) is 383 Å². The Morgan fingerprint density at radius 2 is 0.697 bits per heavy atom. The number of aliphatic hydroxyl groups excluding tert-OH is 5. The highest BCUT2D eigenvalue weighted by Gasteiger charge is 2.44. The molecule has 1 saturated heterocycles. The predicted molar refractivity (Wildman–Crippen MR) is 382 cm³/mol. The van der Waals surface area contributed by atoms with Gasteiger partial charge in [-0.2, -0.15) is 0 Å². The normalized spacial score (nSPS) is 18.1. The summed E-state index contributed by atoms with van der Waals surface area (Å²) < 4.78 is 11.4. The molecule has 0 bridgehead atoms. The van der Waals surface area contributed by atoms with Crippen LogP contribution in [0.5, 0.6) is 0 Å². The molecule has 1 aliphatic heterocycles. The molecule has 1 fully saturated rings. The summed E-state index contributed by atoms with van der Waals surface area (Å²) in [6, 6.07) is -0.722. The molecule has 7 atom stereocenters. The topological polar surface area (TPSA) is 149 Å². The van der Waals surface area contributed by atoms with E-state index in [4.69, 9.17) is 9.47 Å². The molecule has 1 heterocycles. The van der Waals surface area contributed by atoms with Crippen LogP contribution in [0.3, 0.4) is 0 Å². The van der Waals surface area contributed by atoms with Gasteiger partial charge < -0.3 is 40.3 Å². The third-order valence-corrected chi connectivity index (χ3v) is 18.6. The van der Waals surface area contributed by atoms with Crippen molar-refractivity contribution in [2.24, 2.45) is 0 Å². The summed E-state index contributed by atoms with van der Waals surface area (Å²) in [6.07, 6.45) is 88.9. The average Bonchev–Trinajstić information content (AvgIpc) is 2.28. The van der Waals surface area contributed by atoms with Gasteiger partial charge in [-0.3, -0.25) is 4.79 Å². The van der Waals surface area contributed by atoms with E-state index in [1.165, 1.54) is 289 Å². The zero-order valence-corrected chi connectivity index (χ0v) is 58.7. The van der Waals surface area contributed by atoms with Gasteiger partial charge in [0.15, 0.2) is 6.29 Å². The van der Waals surface area contributed by atoms with Gasteiger partial charge in [0.25, 0.3) is 0 Å². The average molecular weight is 1250 g/mol. The number of carbonyl (C=O) groups excluding carboxylic acids is 1. The van der Waals surface area contributed by atoms with Crippen molar-refractivity contribution in [3.05, 3.63) is 60.8 Å². The van der Waals surface area contributed by atoms with Crippen LogP contribution >= 0.6 is 0 Å². The molecule has 0 aromatic carbocycles. The highest BCUT2D eigenvalue weighted by Crippen LogP contribution is 2.24. The Morgan fingerprint density at radius 1 is 0.393 bits per heavy atom. The van der Waals surface area contributed by atoms with Gasteiger partial charge in [-0.25, -0.2) is 0 Å². The van der Waals surface area contributed by atoms with E-state index in [1.54, 1.807) is 0 Å². The second-order valence-electron chi connectivity index (χ2n) is 27.1. The Hall–Kier alpha value is -2.11. The van der Waals surface area contributed by atoms with Crippen molar-refractivity contribution in [2.45, 2.75) is 429 Å². The zero-order chi connectivity index (χ0) is 64.2. The van der Waals surface area contributed by atoms with Crippen molar-refractivity contribution in [3.63, 3.8) is 0 Å². The first kappa shape index (κ1) is 84.9. The number of rotatable bonds is 69. The largest absolute Gasteiger partial charge is 0.394 e. The summed E-state index contributed by atoms with van der Waals surface area (Å²) in [7, 11) is 0. The smallest absolute Gasteiger partial charge is 0.220 e. The fraction of sp³-hybridized carbons (Fsp3) is 0.863. The van der Waals surface area contributed by atoms with Gasteiger partial charge in [-0.15, -0.1) is 0 Å². The first-order valence-corrected chi connectivity index (χ1v) is 39.0. The quantitative estimate of drug-likeness (QED) is 0.0261. The monoisotopic (exact) mass is 1250 g/mol. The summed E-state index contributed by atoms with van der Waals surface area (Å²) in [5, 5.41) is 55.1. The standard InChI is InChI=1S/C80H149NO8/c1-3-5-7-9-11-13-15-17-19-21-23-25-27-29-31-33-35-37-39-41-43-45-47-49-51-53-55-57-59-61-63-65-67-69-74(83)73(72-88-80-79(87)78(86)77(85)75(71-82)89-80)81-76(84)70-68-66-64-62-60-58-56-54-52-50-48-46-44-42-40-38-36-34-32-30-28-26-24-22-20-18-16-14-12-10-8-6-4-2/h6,8,12,14,18,20,24,26,30,32,73-75,77-80,82-83,85-87H,3-5,7,9-11,13,15-17,19,21-23,25,27-29,31,33-72H2,1-2H3,(H,81,84)/b8-6-,14-12-,20-18-,26-24-,32-30-. The molecule has 0 radical (unpaired) electrons. The van der Waals surface area contributed by atoms with Crippen LogP contribution in [0.4, 0.5) is 0 Å². The lowest BCUT2D eigenvalue weighted by atomic mass is 9.99. The van der Waals surface area contributed by atoms with E-state index in [0.29, 0.717) is 12.8 Å². The van der Waals surface area contributed by atoms with E-state index in [-0.39, 0.29) is 12.5 Å². The Labute approximate surface area is 551 Å². The fourth-order valence-corrected chi connectivity index (χ4v) is 12.6. The minimum atomic E-state index is -1.56. The lowest BCUT2D eigenvalue weighted by Crippen LogP contribution is -2.60. The number of hydrogen-bond donors (Lipinski definition) is 6. The van der Waals surface area contributed by atoms with Crippen LogP contribution in [0, 0.1) is 0 Å². The van der Waals surface area contributed by atoms with Gasteiger partial charge in [0, 0.05) is 6.42 Å². The van der Waals surface area contributed by atoms with Crippen LogP contribution in [0.2, 0.25) is 0 Å². The number of carbonyl (C=O) groups is 1. The first-order valence-electron chi connectivity index (χ1n) is 39.0. The molecule has 9 heteroatoms.